The van der Waals surface area contributed by atoms with E-state index in [0.29, 0.717) is 6.54 Å². The van der Waals surface area contributed by atoms with Gasteiger partial charge in [0.05, 0.1) is 11.1 Å². The van der Waals surface area contributed by atoms with Crippen LogP contribution >= 0.6 is 0 Å². The van der Waals surface area contributed by atoms with Crippen LogP contribution in [0, 0.1) is 12.3 Å². The van der Waals surface area contributed by atoms with E-state index in [4.69, 9.17) is 0 Å². The molecule has 1 N–H and O–H groups in total. The summed E-state index contributed by atoms with van der Waals surface area (Å²) in [5.74, 6) is -0.692. The van der Waals surface area contributed by atoms with Gasteiger partial charge in [0, 0.05) is 31.9 Å². The van der Waals surface area contributed by atoms with Gasteiger partial charge in [-0.2, -0.15) is 5.10 Å². The van der Waals surface area contributed by atoms with E-state index in [1.807, 2.05) is 27.1 Å². The van der Waals surface area contributed by atoms with Crippen molar-refractivity contribution < 1.29 is 9.90 Å². The first-order valence-electron chi connectivity index (χ1n) is 5.85. The number of carboxylic acids is 1. The van der Waals surface area contributed by atoms with Crippen LogP contribution in [0.3, 0.4) is 0 Å². The fourth-order valence-corrected chi connectivity index (χ4v) is 2.41. The molecule has 0 saturated carbocycles. The van der Waals surface area contributed by atoms with Gasteiger partial charge in [0.2, 0.25) is 0 Å². The largest absolute Gasteiger partial charge is 0.481 e. The monoisotopic (exact) mass is 237 g/mol. The topological polar surface area (TPSA) is 58.4 Å². The lowest BCUT2D eigenvalue weighted by molar-refractivity contribution is -0.147. The van der Waals surface area contributed by atoms with Crippen LogP contribution in [0.4, 0.5) is 0 Å². The first-order chi connectivity index (χ1) is 7.90. The zero-order valence-corrected chi connectivity index (χ0v) is 10.6. The summed E-state index contributed by atoms with van der Waals surface area (Å²) in [4.78, 5) is 13.3. The number of aromatic nitrogens is 2. The zero-order valence-electron chi connectivity index (χ0n) is 10.6. The van der Waals surface area contributed by atoms with E-state index < -0.39 is 11.4 Å². The summed E-state index contributed by atoms with van der Waals surface area (Å²) in [6.07, 6.45) is 2.73. The smallest absolute Gasteiger partial charge is 0.310 e. The Morgan fingerprint density at radius 1 is 1.65 bits per heavy atom. The van der Waals surface area contributed by atoms with Gasteiger partial charge in [-0.15, -0.1) is 0 Å². The van der Waals surface area contributed by atoms with Crippen molar-refractivity contribution in [2.75, 3.05) is 13.1 Å². The van der Waals surface area contributed by atoms with Crippen LogP contribution < -0.4 is 0 Å². The van der Waals surface area contributed by atoms with Gasteiger partial charge in [0.25, 0.3) is 0 Å². The quantitative estimate of drug-likeness (QED) is 0.853. The lowest BCUT2D eigenvalue weighted by atomic mass is 9.90. The van der Waals surface area contributed by atoms with Gasteiger partial charge in [-0.05, 0) is 26.8 Å². The van der Waals surface area contributed by atoms with Crippen molar-refractivity contribution in [1.82, 2.24) is 14.7 Å². The molecule has 1 fully saturated rings. The Morgan fingerprint density at radius 2 is 2.35 bits per heavy atom. The average molecular weight is 237 g/mol. The normalized spacial score (nSPS) is 25.4. The number of hydrogen-bond donors (Lipinski definition) is 1. The predicted octanol–water partition coefficient (Wildman–Crippen LogP) is 1.03. The highest BCUT2D eigenvalue weighted by Gasteiger charge is 2.40. The van der Waals surface area contributed by atoms with E-state index in [2.05, 4.69) is 10.00 Å². The van der Waals surface area contributed by atoms with E-state index in [-0.39, 0.29) is 0 Å². The molecule has 1 saturated heterocycles. The molecule has 0 aliphatic carbocycles. The van der Waals surface area contributed by atoms with E-state index in [1.165, 1.54) is 5.56 Å². The number of carboxylic acid groups (broad SMARTS) is 1. The lowest BCUT2D eigenvalue weighted by Crippen LogP contribution is -2.31. The molecule has 1 aromatic heterocycles. The van der Waals surface area contributed by atoms with Gasteiger partial charge in [-0.1, -0.05) is 0 Å². The highest BCUT2D eigenvalue weighted by molar-refractivity contribution is 5.74. The predicted molar refractivity (Wildman–Crippen MR) is 63.6 cm³/mol. The molecule has 1 aliphatic heterocycles. The number of nitrogens with zero attached hydrogens (tertiary/aromatic N) is 3. The molecule has 0 bridgehead atoms. The second kappa shape index (κ2) is 4.14. The summed E-state index contributed by atoms with van der Waals surface area (Å²) >= 11 is 0. The Hall–Kier alpha value is -1.36. The lowest BCUT2D eigenvalue weighted by Gasteiger charge is -2.19. The molecule has 2 heterocycles. The molecule has 5 nitrogen and oxygen atoms in total. The molecular weight excluding hydrogens is 218 g/mol. The Kier molecular flexibility index (Phi) is 2.95. The maximum Gasteiger partial charge on any atom is 0.310 e. The molecular formula is C12H19N3O2. The number of rotatable bonds is 3. The summed E-state index contributed by atoms with van der Waals surface area (Å²) in [5.41, 5.74) is 1.62. The second-order valence-corrected chi connectivity index (χ2v) is 5.24. The maximum absolute atomic E-state index is 11.1. The van der Waals surface area contributed by atoms with E-state index >= 15 is 0 Å². The van der Waals surface area contributed by atoms with Gasteiger partial charge >= 0.3 is 5.97 Å². The van der Waals surface area contributed by atoms with Crippen LogP contribution in [0.1, 0.15) is 24.6 Å². The van der Waals surface area contributed by atoms with Crippen LogP contribution in [-0.4, -0.2) is 38.8 Å². The van der Waals surface area contributed by atoms with Gasteiger partial charge in [0.15, 0.2) is 0 Å². The standard InChI is InChI=1S/C12H19N3O2/c1-9-10(6-14(3)13-9)7-15-5-4-12(2,8-15)11(16)17/h6H,4-5,7-8H2,1-3H3,(H,16,17). The molecule has 0 aromatic carbocycles. The van der Waals surface area contributed by atoms with Crippen LogP contribution in [0.25, 0.3) is 0 Å². The van der Waals surface area contributed by atoms with E-state index in [0.717, 1.165) is 25.2 Å². The van der Waals surface area contributed by atoms with Crippen molar-refractivity contribution in [2.45, 2.75) is 26.8 Å². The third kappa shape index (κ3) is 2.34. The summed E-state index contributed by atoms with van der Waals surface area (Å²) < 4.78 is 1.80. The van der Waals surface area contributed by atoms with Crippen molar-refractivity contribution in [1.29, 1.82) is 0 Å². The molecule has 1 unspecified atom stereocenters. The molecule has 0 amide bonds. The van der Waals surface area contributed by atoms with E-state index in [1.54, 1.807) is 4.68 Å². The Labute approximate surface area is 101 Å². The van der Waals surface area contributed by atoms with Crippen LogP contribution in [0.5, 0.6) is 0 Å². The van der Waals surface area contributed by atoms with Crippen molar-refractivity contribution in [3.05, 3.63) is 17.5 Å². The number of likely N-dealkylation sites (tertiary alicyclic amines) is 1. The molecule has 2 rings (SSSR count). The van der Waals surface area contributed by atoms with E-state index in [9.17, 15) is 9.90 Å². The van der Waals surface area contributed by atoms with Crippen molar-refractivity contribution in [2.24, 2.45) is 12.5 Å². The first kappa shape index (κ1) is 12.1. The summed E-state index contributed by atoms with van der Waals surface area (Å²) in [5, 5.41) is 13.5. The van der Waals surface area contributed by atoms with Gasteiger partial charge in [-0.25, -0.2) is 0 Å². The molecule has 0 radical (unpaired) electrons. The van der Waals surface area contributed by atoms with Crippen LogP contribution in [0.2, 0.25) is 0 Å². The molecule has 1 aliphatic rings. The highest BCUT2D eigenvalue weighted by Crippen LogP contribution is 2.31. The van der Waals surface area contributed by atoms with Crippen molar-refractivity contribution in [3.63, 3.8) is 0 Å². The molecule has 94 valence electrons. The second-order valence-electron chi connectivity index (χ2n) is 5.24. The number of carbonyl (C=O) groups is 1. The molecule has 1 aromatic rings. The summed E-state index contributed by atoms with van der Waals surface area (Å²) in [7, 11) is 1.90. The number of hydrogen-bond acceptors (Lipinski definition) is 3. The van der Waals surface area contributed by atoms with Gasteiger partial charge < -0.3 is 5.11 Å². The minimum Gasteiger partial charge on any atom is -0.481 e. The third-order valence-electron chi connectivity index (χ3n) is 3.58. The Morgan fingerprint density at radius 3 is 2.82 bits per heavy atom. The maximum atomic E-state index is 11.1. The van der Waals surface area contributed by atoms with Crippen molar-refractivity contribution >= 4 is 5.97 Å². The molecule has 5 heteroatoms. The summed E-state index contributed by atoms with van der Waals surface area (Å²) in [6.45, 7) is 6.07. The number of aryl methyl sites for hydroxylation is 2. The molecule has 1 atom stereocenters. The van der Waals surface area contributed by atoms with Crippen molar-refractivity contribution in [3.8, 4) is 0 Å². The average Bonchev–Trinajstić information content (AvgIpc) is 2.73. The minimum atomic E-state index is -0.692. The fraction of sp³-hybridized carbons (Fsp3) is 0.667. The SMILES string of the molecule is Cc1nn(C)cc1CN1CCC(C)(C(=O)O)C1. The van der Waals surface area contributed by atoms with Gasteiger partial charge in [0.1, 0.15) is 0 Å². The highest BCUT2D eigenvalue weighted by atomic mass is 16.4. The Balaban J connectivity index is 2.03. The molecule has 17 heavy (non-hydrogen) atoms. The zero-order chi connectivity index (χ0) is 12.6. The fourth-order valence-electron chi connectivity index (χ4n) is 2.41. The van der Waals surface area contributed by atoms with Crippen LogP contribution in [0.15, 0.2) is 6.20 Å². The minimum absolute atomic E-state index is 0.587. The molecule has 0 spiro atoms. The van der Waals surface area contributed by atoms with Gasteiger partial charge in [-0.3, -0.25) is 14.4 Å². The number of aliphatic carboxylic acids is 1. The first-order valence-corrected chi connectivity index (χ1v) is 5.85. The third-order valence-corrected chi connectivity index (χ3v) is 3.58. The van der Waals surface area contributed by atoms with Crippen LogP contribution in [-0.2, 0) is 18.4 Å². The Bertz CT molecular complexity index is 441. The summed E-state index contributed by atoms with van der Waals surface area (Å²) in [6, 6.07) is 0.